The molecule has 1 saturated heterocycles. The molecule has 1 aliphatic heterocycles. The zero-order valence-electron chi connectivity index (χ0n) is 9.18. The molecule has 0 radical (unpaired) electrons. The van der Waals surface area contributed by atoms with E-state index in [2.05, 4.69) is 4.72 Å². The summed E-state index contributed by atoms with van der Waals surface area (Å²) < 4.78 is 32.6. The zero-order chi connectivity index (χ0) is 11.6. The molecule has 0 atom stereocenters. The Hall–Kier alpha value is -0.210. The second kappa shape index (κ2) is 4.58. The van der Waals surface area contributed by atoms with Gasteiger partial charge >= 0.3 is 0 Å². The van der Waals surface area contributed by atoms with Gasteiger partial charge in [-0.2, -0.15) is 17.4 Å². The van der Waals surface area contributed by atoms with Crippen LogP contribution in [-0.2, 0) is 14.9 Å². The Kier molecular flexibility index (Phi) is 3.50. The Morgan fingerprint density at radius 1 is 1.31 bits per heavy atom. The maximum atomic E-state index is 11.8. The van der Waals surface area contributed by atoms with Crippen molar-refractivity contribution in [1.82, 2.24) is 9.03 Å². The molecule has 7 heteroatoms. The summed E-state index contributed by atoms with van der Waals surface area (Å²) in [6.07, 6.45) is 2.33. The maximum Gasteiger partial charge on any atom is 0.279 e. The highest BCUT2D eigenvalue weighted by atomic mass is 32.2. The predicted octanol–water partition coefficient (Wildman–Crippen LogP) is -0.932. The lowest BCUT2D eigenvalue weighted by Crippen LogP contribution is -2.53. The van der Waals surface area contributed by atoms with Crippen LogP contribution in [0.15, 0.2) is 0 Å². The van der Waals surface area contributed by atoms with Crippen LogP contribution in [-0.4, -0.2) is 56.3 Å². The minimum absolute atomic E-state index is 0.118. The standard InChI is InChI=1S/C9H18N2O4S/c12-9(2-1-3-9)8-10-16(13,14)11-4-6-15-7-5-11/h10,12H,1-8H2. The zero-order valence-corrected chi connectivity index (χ0v) is 10.0. The molecule has 6 nitrogen and oxygen atoms in total. The van der Waals surface area contributed by atoms with Crippen molar-refractivity contribution in [2.75, 3.05) is 32.8 Å². The van der Waals surface area contributed by atoms with Crippen LogP contribution in [0.25, 0.3) is 0 Å². The quantitative estimate of drug-likeness (QED) is 0.675. The molecule has 0 aromatic rings. The molecule has 0 amide bonds. The first-order valence-electron chi connectivity index (χ1n) is 5.57. The van der Waals surface area contributed by atoms with E-state index in [1.165, 1.54) is 4.31 Å². The number of nitrogens with one attached hydrogen (secondary N) is 1. The first kappa shape index (κ1) is 12.3. The van der Waals surface area contributed by atoms with E-state index in [0.717, 1.165) is 6.42 Å². The van der Waals surface area contributed by atoms with E-state index in [-0.39, 0.29) is 6.54 Å². The Bertz CT molecular complexity index is 333. The van der Waals surface area contributed by atoms with Crippen molar-refractivity contribution in [2.24, 2.45) is 0 Å². The topological polar surface area (TPSA) is 78.9 Å². The molecule has 2 aliphatic rings. The summed E-state index contributed by atoms with van der Waals surface area (Å²) >= 11 is 0. The van der Waals surface area contributed by atoms with Crippen molar-refractivity contribution < 1.29 is 18.3 Å². The molecule has 16 heavy (non-hydrogen) atoms. The van der Waals surface area contributed by atoms with Crippen molar-refractivity contribution >= 4 is 10.2 Å². The summed E-state index contributed by atoms with van der Waals surface area (Å²) in [6, 6.07) is 0. The second-order valence-corrected chi connectivity index (χ2v) is 6.17. The van der Waals surface area contributed by atoms with Gasteiger partial charge in [0.1, 0.15) is 0 Å². The van der Waals surface area contributed by atoms with E-state index in [1.807, 2.05) is 0 Å². The normalized spacial score (nSPS) is 26.3. The Morgan fingerprint density at radius 3 is 2.44 bits per heavy atom. The van der Waals surface area contributed by atoms with Gasteiger partial charge in [0.25, 0.3) is 10.2 Å². The fourth-order valence-electron chi connectivity index (χ4n) is 1.87. The van der Waals surface area contributed by atoms with E-state index in [0.29, 0.717) is 39.1 Å². The summed E-state index contributed by atoms with van der Waals surface area (Å²) in [4.78, 5) is 0. The van der Waals surface area contributed by atoms with E-state index in [4.69, 9.17) is 4.74 Å². The number of nitrogens with zero attached hydrogens (tertiary/aromatic N) is 1. The predicted molar refractivity (Wildman–Crippen MR) is 58.1 cm³/mol. The molecule has 2 fully saturated rings. The summed E-state index contributed by atoms with van der Waals surface area (Å²) in [6.45, 7) is 1.75. The molecule has 1 aliphatic carbocycles. The minimum Gasteiger partial charge on any atom is -0.389 e. The van der Waals surface area contributed by atoms with Crippen molar-refractivity contribution in [3.63, 3.8) is 0 Å². The largest absolute Gasteiger partial charge is 0.389 e. The molecule has 2 rings (SSSR count). The van der Waals surface area contributed by atoms with Gasteiger partial charge in [-0.3, -0.25) is 0 Å². The van der Waals surface area contributed by atoms with Crippen molar-refractivity contribution in [1.29, 1.82) is 0 Å². The van der Waals surface area contributed by atoms with Crippen LogP contribution in [0.4, 0.5) is 0 Å². The Labute approximate surface area is 95.8 Å². The maximum absolute atomic E-state index is 11.8. The molecule has 1 saturated carbocycles. The van der Waals surface area contributed by atoms with Gasteiger partial charge in [-0.1, -0.05) is 0 Å². The van der Waals surface area contributed by atoms with Gasteiger partial charge < -0.3 is 9.84 Å². The molecular formula is C9H18N2O4S. The average Bonchev–Trinajstić information content (AvgIpc) is 2.25. The van der Waals surface area contributed by atoms with Crippen molar-refractivity contribution in [3.8, 4) is 0 Å². The summed E-state index contributed by atoms with van der Waals surface area (Å²) in [5.74, 6) is 0. The molecule has 0 aromatic carbocycles. The number of hydrogen-bond acceptors (Lipinski definition) is 4. The van der Waals surface area contributed by atoms with Gasteiger partial charge in [0.2, 0.25) is 0 Å². The number of hydrogen-bond donors (Lipinski definition) is 2. The van der Waals surface area contributed by atoms with E-state index >= 15 is 0 Å². The van der Waals surface area contributed by atoms with Crippen LogP contribution in [0.2, 0.25) is 0 Å². The Morgan fingerprint density at radius 2 is 1.94 bits per heavy atom. The van der Waals surface area contributed by atoms with Gasteiger partial charge in [0.05, 0.1) is 18.8 Å². The third kappa shape index (κ3) is 2.72. The minimum atomic E-state index is -3.45. The van der Waals surface area contributed by atoms with Crippen LogP contribution in [0.3, 0.4) is 0 Å². The fraction of sp³-hybridized carbons (Fsp3) is 1.00. The van der Waals surface area contributed by atoms with Gasteiger partial charge in [-0.05, 0) is 19.3 Å². The van der Waals surface area contributed by atoms with Crippen molar-refractivity contribution in [3.05, 3.63) is 0 Å². The summed E-state index contributed by atoms with van der Waals surface area (Å²) in [7, 11) is -3.45. The van der Waals surface area contributed by atoms with E-state index in [9.17, 15) is 13.5 Å². The average molecular weight is 250 g/mol. The molecular weight excluding hydrogens is 232 g/mol. The van der Waals surface area contributed by atoms with Crippen LogP contribution in [0.1, 0.15) is 19.3 Å². The lowest BCUT2D eigenvalue weighted by atomic mass is 9.81. The number of ether oxygens (including phenoxy) is 1. The third-order valence-corrected chi connectivity index (χ3v) is 4.73. The lowest BCUT2D eigenvalue weighted by Gasteiger charge is -2.37. The molecule has 2 N–H and O–H groups in total. The molecule has 0 spiro atoms. The van der Waals surface area contributed by atoms with Crippen molar-refractivity contribution in [2.45, 2.75) is 24.9 Å². The molecule has 1 heterocycles. The number of aliphatic hydroxyl groups is 1. The highest BCUT2D eigenvalue weighted by Crippen LogP contribution is 2.30. The van der Waals surface area contributed by atoms with Crippen LogP contribution in [0.5, 0.6) is 0 Å². The third-order valence-electron chi connectivity index (χ3n) is 3.18. The van der Waals surface area contributed by atoms with Crippen LogP contribution >= 0.6 is 0 Å². The summed E-state index contributed by atoms with van der Waals surface area (Å²) in [5, 5.41) is 9.80. The fourth-order valence-corrected chi connectivity index (χ4v) is 3.13. The van der Waals surface area contributed by atoms with Gasteiger partial charge in [0, 0.05) is 19.6 Å². The highest BCUT2D eigenvalue weighted by Gasteiger charge is 2.36. The monoisotopic (exact) mass is 250 g/mol. The number of morpholine rings is 1. The van der Waals surface area contributed by atoms with E-state index in [1.54, 1.807) is 0 Å². The summed E-state index contributed by atoms with van der Waals surface area (Å²) in [5.41, 5.74) is -0.820. The SMILES string of the molecule is O=S(=O)(NCC1(O)CCC1)N1CCOCC1. The smallest absolute Gasteiger partial charge is 0.279 e. The first-order chi connectivity index (χ1) is 7.52. The lowest BCUT2D eigenvalue weighted by molar-refractivity contribution is -0.0275. The number of rotatable bonds is 4. The molecule has 94 valence electrons. The van der Waals surface area contributed by atoms with Gasteiger partial charge in [0.15, 0.2) is 0 Å². The Balaban J connectivity index is 1.86. The van der Waals surface area contributed by atoms with Crippen LogP contribution < -0.4 is 4.72 Å². The molecule has 0 aromatic heterocycles. The highest BCUT2D eigenvalue weighted by molar-refractivity contribution is 7.87. The molecule has 0 unspecified atom stereocenters. The first-order valence-corrected chi connectivity index (χ1v) is 7.01. The van der Waals surface area contributed by atoms with Gasteiger partial charge in [-0.15, -0.1) is 0 Å². The van der Waals surface area contributed by atoms with Gasteiger partial charge in [-0.25, -0.2) is 0 Å². The van der Waals surface area contributed by atoms with E-state index < -0.39 is 15.8 Å². The van der Waals surface area contributed by atoms with Crippen LogP contribution in [0, 0.1) is 0 Å². The molecule has 0 bridgehead atoms. The second-order valence-electron chi connectivity index (χ2n) is 4.42.